The maximum absolute atomic E-state index is 11.7. The molecule has 17 heavy (non-hydrogen) atoms. The van der Waals surface area contributed by atoms with E-state index in [1.807, 2.05) is 0 Å². The van der Waals surface area contributed by atoms with E-state index < -0.39 is 19.9 Å². The molecule has 0 unspecified atom stereocenters. The zero-order valence-corrected chi connectivity index (χ0v) is 11.3. The average Bonchev–Trinajstić information content (AvgIpc) is 2.29. The molecule has 0 saturated carbocycles. The van der Waals surface area contributed by atoms with Crippen molar-refractivity contribution in [3.8, 4) is 0 Å². The van der Waals surface area contributed by atoms with Crippen molar-refractivity contribution in [3.05, 3.63) is 24.3 Å². The summed E-state index contributed by atoms with van der Waals surface area (Å²) in [7, 11) is -5.51. The largest absolute Gasteiger partial charge is 0.240 e. The van der Waals surface area contributed by atoms with E-state index in [0.29, 0.717) is 6.42 Å². The fraction of sp³-hybridized carbons (Fsp3) is 0.400. The van der Waals surface area contributed by atoms with Crippen molar-refractivity contribution in [2.24, 2.45) is 0 Å². The van der Waals surface area contributed by atoms with Gasteiger partial charge in [-0.2, -0.15) is 0 Å². The highest BCUT2D eigenvalue weighted by Gasteiger charge is 2.15. The Balaban J connectivity index is 3.13. The van der Waals surface area contributed by atoms with Crippen LogP contribution in [0.1, 0.15) is 13.3 Å². The van der Waals surface area contributed by atoms with Gasteiger partial charge in [-0.15, -0.1) is 0 Å². The lowest BCUT2D eigenvalue weighted by molar-refractivity contribution is 0.586. The van der Waals surface area contributed by atoms with Gasteiger partial charge in [0, 0.05) is 0 Å². The summed E-state index contributed by atoms with van der Waals surface area (Å²) < 4.78 is 48.4. The Morgan fingerprint density at radius 2 is 1.47 bits per heavy atom. The first-order valence-corrected chi connectivity index (χ1v) is 8.23. The Morgan fingerprint density at radius 1 is 1.00 bits per heavy atom. The van der Waals surface area contributed by atoms with Gasteiger partial charge in [-0.3, -0.25) is 0 Å². The van der Waals surface area contributed by atoms with Crippen LogP contribution in [0.25, 0.3) is 0 Å². The van der Waals surface area contributed by atoms with Crippen molar-refractivity contribution in [2.45, 2.75) is 23.1 Å². The van der Waals surface area contributed by atoms with Gasteiger partial charge in [0.2, 0.25) is 10.0 Å². The van der Waals surface area contributed by atoms with Crippen LogP contribution in [-0.2, 0) is 19.9 Å². The summed E-state index contributed by atoms with van der Waals surface area (Å²) in [6, 6.07) is 5.20. The second-order valence-electron chi connectivity index (χ2n) is 3.50. The van der Waals surface area contributed by atoms with Gasteiger partial charge < -0.3 is 0 Å². The van der Waals surface area contributed by atoms with Gasteiger partial charge in [-0.05, 0) is 37.7 Å². The highest BCUT2D eigenvalue weighted by atomic mass is 32.2. The lowest BCUT2D eigenvalue weighted by atomic mass is 10.4. The predicted octanol–water partition coefficient (Wildman–Crippen LogP) is 0.778. The van der Waals surface area contributed by atoms with Crippen molar-refractivity contribution in [3.63, 3.8) is 0 Å². The van der Waals surface area contributed by atoms with Crippen LogP contribution in [-0.4, -0.2) is 29.6 Å². The molecule has 7 heteroatoms. The number of sulfone groups is 1. The molecule has 0 radical (unpaired) electrons. The second kappa shape index (κ2) is 5.16. The molecule has 0 saturated heterocycles. The SMILES string of the molecule is CCCS(=O)(=O)c1ccc(S(=O)(=O)NC)cc1. The predicted molar refractivity (Wildman–Crippen MR) is 65.0 cm³/mol. The van der Waals surface area contributed by atoms with Crippen molar-refractivity contribution < 1.29 is 16.8 Å². The molecular weight excluding hydrogens is 262 g/mol. The van der Waals surface area contributed by atoms with Crippen molar-refractivity contribution in [1.29, 1.82) is 0 Å². The quantitative estimate of drug-likeness (QED) is 0.862. The van der Waals surface area contributed by atoms with Gasteiger partial charge in [0.1, 0.15) is 0 Å². The number of sulfonamides is 1. The fourth-order valence-corrected chi connectivity index (χ4v) is 3.38. The normalized spacial score (nSPS) is 12.6. The molecule has 0 bridgehead atoms. The standard InChI is InChI=1S/C10H15NO4S2/c1-3-8-16(12,13)9-4-6-10(7-5-9)17(14,15)11-2/h4-7,11H,3,8H2,1-2H3. The number of hydrogen-bond acceptors (Lipinski definition) is 4. The van der Waals surface area contributed by atoms with E-state index >= 15 is 0 Å². The molecule has 96 valence electrons. The molecule has 0 fully saturated rings. The van der Waals surface area contributed by atoms with Crippen LogP contribution < -0.4 is 4.72 Å². The van der Waals surface area contributed by atoms with E-state index in [2.05, 4.69) is 4.72 Å². The molecule has 0 amide bonds. The first-order chi connectivity index (χ1) is 7.83. The molecule has 0 atom stereocenters. The number of benzene rings is 1. The van der Waals surface area contributed by atoms with Gasteiger partial charge in [-0.1, -0.05) is 6.92 Å². The molecule has 5 nitrogen and oxygen atoms in total. The first-order valence-electron chi connectivity index (χ1n) is 5.10. The fourth-order valence-electron chi connectivity index (χ4n) is 1.33. The molecule has 0 spiro atoms. The molecule has 0 aliphatic rings. The second-order valence-corrected chi connectivity index (χ2v) is 7.49. The van der Waals surface area contributed by atoms with Gasteiger partial charge in [-0.25, -0.2) is 21.6 Å². The highest BCUT2D eigenvalue weighted by Crippen LogP contribution is 2.15. The van der Waals surface area contributed by atoms with E-state index in [1.54, 1.807) is 6.92 Å². The summed E-state index contributed by atoms with van der Waals surface area (Å²) in [6.45, 7) is 1.78. The monoisotopic (exact) mass is 277 g/mol. The summed E-state index contributed by atoms with van der Waals surface area (Å²) >= 11 is 0. The zero-order chi connectivity index (χ0) is 13.1. The molecule has 0 aromatic heterocycles. The molecule has 1 aromatic rings. The van der Waals surface area contributed by atoms with E-state index in [0.717, 1.165) is 0 Å². The van der Waals surface area contributed by atoms with Gasteiger partial charge in [0.15, 0.2) is 9.84 Å². The van der Waals surface area contributed by atoms with Crippen LogP contribution in [0.3, 0.4) is 0 Å². The molecule has 0 aliphatic heterocycles. The van der Waals surface area contributed by atoms with Gasteiger partial charge >= 0.3 is 0 Å². The third kappa shape index (κ3) is 3.27. The zero-order valence-electron chi connectivity index (χ0n) is 9.67. The van der Waals surface area contributed by atoms with Crippen molar-refractivity contribution >= 4 is 19.9 Å². The Hall–Kier alpha value is -0.920. The van der Waals surface area contributed by atoms with Crippen LogP contribution in [0, 0.1) is 0 Å². The summed E-state index contributed by atoms with van der Waals surface area (Å²) in [5.41, 5.74) is 0. The topological polar surface area (TPSA) is 80.3 Å². The third-order valence-corrected chi connectivity index (χ3v) is 5.60. The lowest BCUT2D eigenvalue weighted by Crippen LogP contribution is -2.18. The average molecular weight is 277 g/mol. The van der Waals surface area contributed by atoms with E-state index in [-0.39, 0.29) is 15.5 Å². The molecule has 1 aromatic carbocycles. The van der Waals surface area contributed by atoms with Gasteiger partial charge in [0.05, 0.1) is 15.5 Å². The van der Waals surface area contributed by atoms with Crippen molar-refractivity contribution in [1.82, 2.24) is 4.72 Å². The third-order valence-electron chi connectivity index (χ3n) is 2.23. The van der Waals surface area contributed by atoms with Crippen LogP contribution >= 0.6 is 0 Å². The van der Waals surface area contributed by atoms with E-state index in [1.165, 1.54) is 31.3 Å². The van der Waals surface area contributed by atoms with E-state index in [4.69, 9.17) is 0 Å². The number of nitrogens with one attached hydrogen (secondary N) is 1. The Kier molecular flexibility index (Phi) is 4.29. The van der Waals surface area contributed by atoms with Crippen LogP contribution in [0.15, 0.2) is 34.1 Å². The summed E-state index contributed by atoms with van der Waals surface area (Å²) in [4.78, 5) is 0.199. The van der Waals surface area contributed by atoms with E-state index in [9.17, 15) is 16.8 Å². The lowest BCUT2D eigenvalue weighted by Gasteiger charge is -2.05. The minimum absolute atomic E-state index is 0.0513. The molecule has 1 rings (SSSR count). The van der Waals surface area contributed by atoms with Crippen LogP contribution in [0.5, 0.6) is 0 Å². The maximum Gasteiger partial charge on any atom is 0.240 e. The van der Waals surface area contributed by atoms with Crippen LogP contribution in [0.2, 0.25) is 0 Å². The molecule has 0 heterocycles. The molecule has 0 aliphatic carbocycles. The molecular formula is C10H15NO4S2. The Labute approximate surface area is 102 Å². The summed E-state index contributed by atoms with van der Waals surface area (Å²) in [6.07, 6.45) is 0.527. The number of hydrogen-bond donors (Lipinski definition) is 1. The smallest absolute Gasteiger partial charge is 0.224 e. The maximum atomic E-state index is 11.7. The minimum Gasteiger partial charge on any atom is -0.224 e. The van der Waals surface area contributed by atoms with Gasteiger partial charge in [0.25, 0.3) is 0 Å². The Bertz CT molecular complexity index is 573. The summed E-state index contributed by atoms with van der Waals surface area (Å²) in [5.74, 6) is 0.0606. The van der Waals surface area contributed by atoms with Crippen LogP contribution in [0.4, 0.5) is 0 Å². The highest BCUT2D eigenvalue weighted by molar-refractivity contribution is 7.91. The number of rotatable bonds is 5. The minimum atomic E-state index is -3.52. The first kappa shape index (κ1) is 14.1. The molecule has 1 N–H and O–H groups in total. The summed E-state index contributed by atoms with van der Waals surface area (Å²) in [5, 5.41) is 0. The van der Waals surface area contributed by atoms with Crippen molar-refractivity contribution in [2.75, 3.05) is 12.8 Å². The Morgan fingerprint density at radius 3 is 1.88 bits per heavy atom.